The first-order valence-electron chi connectivity index (χ1n) is 6.69. The van der Waals surface area contributed by atoms with Gasteiger partial charge in [0.25, 0.3) is 0 Å². The average Bonchev–Trinajstić information content (AvgIpc) is 2.34. The van der Waals surface area contributed by atoms with Crippen molar-refractivity contribution in [1.29, 1.82) is 0 Å². The van der Waals surface area contributed by atoms with Crippen LogP contribution in [0.3, 0.4) is 0 Å². The van der Waals surface area contributed by atoms with Gasteiger partial charge in [-0.25, -0.2) is 0 Å². The molecule has 0 radical (unpaired) electrons. The Labute approximate surface area is 113 Å². The standard InChI is InChI=1S/C13H24O2S2/c1-9-10(2)17-13(8-16-9)12(14)7-11-3-5-15-6-4-11/h9-14H,3-8H2,1-2H3. The van der Waals surface area contributed by atoms with Gasteiger partial charge in [0.15, 0.2) is 0 Å². The second-order valence-corrected chi connectivity index (χ2v) is 8.31. The van der Waals surface area contributed by atoms with E-state index >= 15 is 0 Å². The highest BCUT2D eigenvalue weighted by molar-refractivity contribution is 8.07. The molecule has 0 saturated carbocycles. The normalized spacial score (nSPS) is 37.9. The molecule has 2 saturated heterocycles. The van der Waals surface area contributed by atoms with Gasteiger partial charge in [0.05, 0.1) is 6.10 Å². The molecule has 2 nitrogen and oxygen atoms in total. The number of hydrogen-bond acceptors (Lipinski definition) is 4. The minimum absolute atomic E-state index is 0.120. The highest BCUT2D eigenvalue weighted by atomic mass is 32.2. The Bertz CT molecular complexity index is 231. The molecule has 17 heavy (non-hydrogen) atoms. The van der Waals surface area contributed by atoms with Crippen LogP contribution < -0.4 is 0 Å². The summed E-state index contributed by atoms with van der Waals surface area (Å²) in [6.07, 6.45) is 3.12. The molecule has 2 heterocycles. The summed E-state index contributed by atoms with van der Waals surface area (Å²) in [5.41, 5.74) is 0. The molecule has 2 aliphatic heterocycles. The molecule has 1 N–H and O–H groups in total. The van der Waals surface area contributed by atoms with E-state index in [1.807, 2.05) is 23.5 Å². The molecule has 0 aromatic rings. The molecule has 2 fully saturated rings. The van der Waals surface area contributed by atoms with Crippen LogP contribution in [-0.2, 0) is 4.74 Å². The molecule has 0 aromatic carbocycles. The fourth-order valence-corrected chi connectivity index (χ4v) is 5.51. The van der Waals surface area contributed by atoms with Gasteiger partial charge in [-0.2, -0.15) is 23.5 Å². The van der Waals surface area contributed by atoms with E-state index < -0.39 is 0 Å². The van der Waals surface area contributed by atoms with Crippen LogP contribution in [0.1, 0.15) is 33.1 Å². The van der Waals surface area contributed by atoms with Crippen LogP contribution in [0.4, 0.5) is 0 Å². The maximum absolute atomic E-state index is 10.4. The van der Waals surface area contributed by atoms with Gasteiger partial charge in [-0.1, -0.05) is 13.8 Å². The van der Waals surface area contributed by atoms with E-state index in [1.54, 1.807) is 0 Å². The molecule has 0 amide bonds. The zero-order chi connectivity index (χ0) is 12.3. The molecule has 0 aliphatic carbocycles. The Morgan fingerprint density at radius 2 is 1.94 bits per heavy atom. The van der Waals surface area contributed by atoms with Gasteiger partial charge >= 0.3 is 0 Å². The summed E-state index contributed by atoms with van der Waals surface area (Å²) in [6, 6.07) is 0. The summed E-state index contributed by atoms with van der Waals surface area (Å²) >= 11 is 4.01. The van der Waals surface area contributed by atoms with E-state index in [1.165, 1.54) is 0 Å². The summed E-state index contributed by atoms with van der Waals surface area (Å²) < 4.78 is 5.37. The number of aliphatic hydroxyl groups excluding tert-OH is 1. The summed E-state index contributed by atoms with van der Waals surface area (Å²) in [5, 5.41) is 12.2. The zero-order valence-corrected chi connectivity index (χ0v) is 12.4. The van der Waals surface area contributed by atoms with Crippen molar-refractivity contribution in [2.75, 3.05) is 19.0 Å². The Morgan fingerprint density at radius 3 is 2.59 bits per heavy atom. The van der Waals surface area contributed by atoms with Gasteiger partial charge in [-0.3, -0.25) is 0 Å². The summed E-state index contributed by atoms with van der Waals surface area (Å²) in [7, 11) is 0. The summed E-state index contributed by atoms with van der Waals surface area (Å²) in [4.78, 5) is 0. The van der Waals surface area contributed by atoms with Gasteiger partial charge in [-0.05, 0) is 25.2 Å². The van der Waals surface area contributed by atoms with Crippen LogP contribution in [-0.4, -0.2) is 45.9 Å². The quantitative estimate of drug-likeness (QED) is 0.858. The van der Waals surface area contributed by atoms with E-state index in [9.17, 15) is 5.11 Å². The highest BCUT2D eigenvalue weighted by Crippen LogP contribution is 2.38. The lowest BCUT2D eigenvalue weighted by molar-refractivity contribution is 0.0443. The number of aliphatic hydroxyl groups is 1. The third-order valence-electron chi connectivity index (χ3n) is 3.92. The zero-order valence-electron chi connectivity index (χ0n) is 10.8. The molecule has 2 rings (SSSR count). The minimum atomic E-state index is -0.120. The van der Waals surface area contributed by atoms with Crippen LogP contribution in [0, 0.1) is 5.92 Å². The number of hydrogen-bond donors (Lipinski definition) is 1. The molecule has 0 aromatic heterocycles. The smallest absolute Gasteiger partial charge is 0.0669 e. The lowest BCUT2D eigenvalue weighted by Crippen LogP contribution is -2.36. The number of rotatable bonds is 3. The van der Waals surface area contributed by atoms with E-state index in [4.69, 9.17) is 4.74 Å². The van der Waals surface area contributed by atoms with Crippen molar-refractivity contribution in [2.24, 2.45) is 5.92 Å². The van der Waals surface area contributed by atoms with Crippen molar-refractivity contribution in [3.05, 3.63) is 0 Å². The second kappa shape index (κ2) is 6.69. The molecule has 100 valence electrons. The van der Waals surface area contributed by atoms with Gasteiger partial charge < -0.3 is 9.84 Å². The van der Waals surface area contributed by atoms with Crippen LogP contribution in [0.25, 0.3) is 0 Å². The average molecular weight is 276 g/mol. The van der Waals surface area contributed by atoms with Crippen molar-refractivity contribution in [3.63, 3.8) is 0 Å². The summed E-state index contributed by atoms with van der Waals surface area (Å²) in [6.45, 7) is 6.35. The monoisotopic (exact) mass is 276 g/mol. The van der Waals surface area contributed by atoms with E-state index in [-0.39, 0.29) is 6.10 Å². The largest absolute Gasteiger partial charge is 0.392 e. The van der Waals surface area contributed by atoms with E-state index in [0.717, 1.165) is 43.5 Å². The Hall–Kier alpha value is 0.620. The van der Waals surface area contributed by atoms with Gasteiger partial charge in [0, 0.05) is 34.7 Å². The Morgan fingerprint density at radius 1 is 1.24 bits per heavy atom. The topological polar surface area (TPSA) is 29.5 Å². The Kier molecular flexibility index (Phi) is 5.52. The second-order valence-electron chi connectivity index (χ2n) is 5.28. The fourth-order valence-electron chi connectivity index (χ4n) is 2.48. The van der Waals surface area contributed by atoms with Crippen molar-refractivity contribution >= 4 is 23.5 Å². The molecule has 0 spiro atoms. The number of thioether (sulfide) groups is 2. The predicted octanol–water partition coefficient (Wildman–Crippen LogP) is 2.79. The first-order chi connectivity index (χ1) is 8.16. The third kappa shape index (κ3) is 4.05. The predicted molar refractivity (Wildman–Crippen MR) is 76.9 cm³/mol. The van der Waals surface area contributed by atoms with Crippen LogP contribution in [0.2, 0.25) is 0 Å². The molecular formula is C13H24O2S2. The molecule has 4 unspecified atom stereocenters. The first kappa shape index (κ1) is 14.0. The van der Waals surface area contributed by atoms with Crippen molar-refractivity contribution < 1.29 is 9.84 Å². The van der Waals surface area contributed by atoms with Crippen LogP contribution >= 0.6 is 23.5 Å². The molecule has 4 heteroatoms. The van der Waals surface area contributed by atoms with E-state index in [0.29, 0.717) is 16.4 Å². The van der Waals surface area contributed by atoms with Crippen LogP contribution in [0.15, 0.2) is 0 Å². The van der Waals surface area contributed by atoms with Crippen molar-refractivity contribution in [1.82, 2.24) is 0 Å². The molecule has 0 bridgehead atoms. The van der Waals surface area contributed by atoms with E-state index in [2.05, 4.69) is 13.8 Å². The maximum Gasteiger partial charge on any atom is 0.0669 e. The Balaban J connectivity index is 1.77. The van der Waals surface area contributed by atoms with Gasteiger partial charge in [0.1, 0.15) is 0 Å². The molecule has 4 atom stereocenters. The van der Waals surface area contributed by atoms with Crippen LogP contribution in [0.5, 0.6) is 0 Å². The van der Waals surface area contributed by atoms with Crippen molar-refractivity contribution in [3.8, 4) is 0 Å². The number of ether oxygens (including phenoxy) is 1. The molecular weight excluding hydrogens is 252 g/mol. The minimum Gasteiger partial charge on any atom is -0.392 e. The van der Waals surface area contributed by atoms with Crippen molar-refractivity contribution in [2.45, 2.75) is 55.0 Å². The lowest BCUT2D eigenvalue weighted by Gasteiger charge is -2.35. The molecule has 2 aliphatic rings. The fraction of sp³-hybridized carbons (Fsp3) is 1.00. The first-order valence-corrected chi connectivity index (χ1v) is 8.69. The highest BCUT2D eigenvalue weighted by Gasteiger charge is 2.31. The summed E-state index contributed by atoms with van der Waals surface area (Å²) in [5.74, 6) is 1.79. The maximum atomic E-state index is 10.4. The lowest BCUT2D eigenvalue weighted by atomic mass is 9.93. The SMILES string of the molecule is CC1SCC(C(O)CC2CCOCC2)SC1C. The van der Waals surface area contributed by atoms with Gasteiger partial charge in [0.2, 0.25) is 0 Å². The van der Waals surface area contributed by atoms with Gasteiger partial charge in [-0.15, -0.1) is 0 Å². The third-order valence-corrected chi connectivity index (χ3v) is 7.46.